The standard InChI is InChI=1S/C41H46N2O6/c1-8-48-35-21-30(17-18-34(35)49-23-29-15-11-24(2)12-16-29)36-37(39(45)42-31-19-25(3)9-13-27(31)5)33(44)22-41(7,47)38(36)40(46)43-32-20-26(4)10-14-28(32)6/h9-21,36-38,47H,8,22-23H2,1-7H3,(H,42,45)(H,43,46). The fourth-order valence-corrected chi connectivity index (χ4v) is 6.62. The van der Waals surface area contributed by atoms with E-state index in [1.54, 1.807) is 18.2 Å². The number of anilines is 2. The molecule has 4 aromatic rings. The molecule has 0 spiro atoms. The molecule has 5 rings (SSSR count). The Balaban J connectivity index is 1.59. The van der Waals surface area contributed by atoms with E-state index in [-0.39, 0.29) is 6.42 Å². The lowest BCUT2D eigenvalue weighted by atomic mass is 9.61. The van der Waals surface area contributed by atoms with Gasteiger partial charge in [-0.2, -0.15) is 0 Å². The molecule has 256 valence electrons. The predicted octanol–water partition coefficient (Wildman–Crippen LogP) is 7.52. The largest absolute Gasteiger partial charge is 0.490 e. The van der Waals surface area contributed by atoms with Gasteiger partial charge < -0.3 is 25.2 Å². The molecule has 4 atom stereocenters. The van der Waals surface area contributed by atoms with E-state index in [9.17, 15) is 19.5 Å². The van der Waals surface area contributed by atoms with Crippen LogP contribution in [0.25, 0.3) is 0 Å². The lowest BCUT2D eigenvalue weighted by Crippen LogP contribution is -2.56. The number of ketones is 1. The minimum atomic E-state index is -1.76. The summed E-state index contributed by atoms with van der Waals surface area (Å²) >= 11 is 0. The number of carbonyl (C=O) groups is 3. The average Bonchev–Trinajstić information content (AvgIpc) is 3.04. The van der Waals surface area contributed by atoms with Crippen LogP contribution in [0, 0.1) is 46.5 Å². The van der Waals surface area contributed by atoms with E-state index in [2.05, 4.69) is 10.6 Å². The van der Waals surface area contributed by atoms with Gasteiger partial charge in [-0.25, -0.2) is 0 Å². The molecule has 0 heterocycles. The first-order valence-corrected chi connectivity index (χ1v) is 16.7. The summed E-state index contributed by atoms with van der Waals surface area (Å²) in [5.41, 5.74) is 5.64. The van der Waals surface area contributed by atoms with Gasteiger partial charge in [0.25, 0.3) is 0 Å². The van der Waals surface area contributed by atoms with Crippen molar-refractivity contribution < 1.29 is 29.0 Å². The second-order valence-corrected chi connectivity index (χ2v) is 13.5. The molecule has 2 amide bonds. The lowest BCUT2D eigenvalue weighted by Gasteiger charge is -2.44. The summed E-state index contributed by atoms with van der Waals surface area (Å²) in [6, 6.07) is 24.7. The molecule has 0 saturated heterocycles. The van der Waals surface area contributed by atoms with Crippen molar-refractivity contribution in [1.29, 1.82) is 0 Å². The van der Waals surface area contributed by atoms with Crippen molar-refractivity contribution in [2.24, 2.45) is 11.8 Å². The normalized spacial score (nSPS) is 20.4. The molecule has 0 bridgehead atoms. The number of rotatable bonds is 10. The summed E-state index contributed by atoms with van der Waals surface area (Å²) in [7, 11) is 0. The number of benzene rings is 4. The van der Waals surface area contributed by atoms with Crippen molar-refractivity contribution in [3.8, 4) is 11.5 Å². The molecular formula is C41H46N2O6. The third-order valence-electron chi connectivity index (χ3n) is 9.30. The van der Waals surface area contributed by atoms with Gasteiger partial charge in [0.1, 0.15) is 18.3 Å². The number of hydrogen-bond acceptors (Lipinski definition) is 6. The van der Waals surface area contributed by atoms with Gasteiger partial charge in [0.2, 0.25) is 11.8 Å². The lowest BCUT2D eigenvalue weighted by molar-refractivity contribution is -0.150. The number of hydrogen-bond donors (Lipinski definition) is 3. The van der Waals surface area contributed by atoms with Crippen LogP contribution in [0.2, 0.25) is 0 Å². The van der Waals surface area contributed by atoms with Crippen LogP contribution >= 0.6 is 0 Å². The van der Waals surface area contributed by atoms with Gasteiger partial charge in [0.15, 0.2) is 11.5 Å². The number of aryl methyl sites for hydroxylation is 5. The van der Waals surface area contributed by atoms with Crippen molar-refractivity contribution in [3.05, 3.63) is 118 Å². The third kappa shape index (κ3) is 8.03. The van der Waals surface area contributed by atoms with E-state index in [1.807, 2.05) is 102 Å². The second kappa shape index (κ2) is 14.7. The first-order chi connectivity index (χ1) is 23.3. The summed E-state index contributed by atoms with van der Waals surface area (Å²) in [6.45, 7) is 13.6. The molecule has 0 radical (unpaired) electrons. The molecule has 8 heteroatoms. The number of nitrogens with one attached hydrogen (secondary N) is 2. The highest BCUT2D eigenvalue weighted by atomic mass is 16.5. The predicted molar refractivity (Wildman–Crippen MR) is 192 cm³/mol. The number of aliphatic hydroxyl groups is 1. The number of ether oxygens (including phenoxy) is 2. The van der Waals surface area contributed by atoms with Crippen molar-refractivity contribution >= 4 is 29.0 Å². The van der Waals surface area contributed by atoms with E-state index >= 15 is 0 Å². The van der Waals surface area contributed by atoms with Crippen molar-refractivity contribution in [3.63, 3.8) is 0 Å². The third-order valence-corrected chi connectivity index (χ3v) is 9.30. The topological polar surface area (TPSA) is 114 Å². The van der Waals surface area contributed by atoms with Crippen molar-refractivity contribution in [2.45, 2.75) is 73.0 Å². The highest BCUT2D eigenvalue weighted by Gasteiger charge is 2.56. The molecule has 1 aliphatic carbocycles. The second-order valence-electron chi connectivity index (χ2n) is 13.5. The summed E-state index contributed by atoms with van der Waals surface area (Å²) in [4.78, 5) is 42.5. The van der Waals surface area contributed by atoms with Crippen LogP contribution < -0.4 is 20.1 Å². The number of carbonyl (C=O) groups excluding carboxylic acids is 3. The molecular weight excluding hydrogens is 616 g/mol. The molecule has 0 aromatic heterocycles. The fraction of sp³-hybridized carbons (Fsp3) is 0.341. The Morgan fingerprint density at radius 2 is 1.33 bits per heavy atom. The molecule has 0 aliphatic heterocycles. The molecule has 1 saturated carbocycles. The molecule has 49 heavy (non-hydrogen) atoms. The van der Waals surface area contributed by atoms with Crippen LogP contribution in [0.5, 0.6) is 11.5 Å². The van der Waals surface area contributed by atoms with Gasteiger partial charge in [0, 0.05) is 23.7 Å². The van der Waals surface area contributed by atoms with Crippen LogP contribution in [-0.4, -0.2) is 34.9 Å². The minimum absolute atomic E-state index is 0.304. The van der Waals surface area contributed by atoms with Gasteiger partial charge in [0.05, 0.1) is 18.1 Å². The Bertz CT molecular complexity index is 1860. The van der Waals surface area contributed by atoms with Crippen LogP contribution in [0.4, 0.5) is 11.4 Å². The monoisotopic (exact) mass is 662 g/mol. The van der Waals surface area contributed by atoms with E-state index in [0.29, 0.717) is 41.7 Å². The van der Waals surface area contributed by atoms with Gasteiger partial charge >= 0.3 is 0 Å². The maximum atomic E-state index is 14.4. The highest BCUT2D eigenvalue weighted by molar-refractivity contribution is 6.10. The fourth-order valence-electron chi connectivity index (χ4n) is 6.62. The van der Waals surface area contributed by atoms with Gasteiger partial charge in [-0.15, -0.1) is 0 Å². The van der Waals surface area contributed by atoms with Gasteiger partial charge in [-0.3, -0.25) is 14.4 Å². The Hall–Kier alpha value is -4.95. The first-order valence-electron chi connectivity index (χ1n) is 16.7. The Morgan fingerprint density at radius 3 is 1.92 bits per heavy atom. The summed E-state index contributed by atoms with van der Waals surface area (Å²) in [6.07, 6.45) is -0.366. The summed E-state index contributed by atoms with van der Waals surface area (Å²) in [5, 5.41) is 17.8. The van der Waals surface area contributed by atoms with Gasteiger partial charge in [-0.1, -0.05) is 60.2 Å². The van der Waals surface area contributed by atoms with E-state index in [0.717, 1.165) is 33.4 Å². The minimum Gasteiger partial charge on any atom is -0.490 e. The molecule has 4 unspecified atom stereocenters. The SMILES string of the molecule is CCOc1cc(C2C(C(=O)Nc3cc(C)ccc3C)C(=O)CC(C)(O)C2C(=O)Nc2cc(C)ccc2C)ccc1OCc1ccc(C)cc1. The molecule has 1 aliphatic rings. The van der Waals surface area contributed by atoms with Crippen LogP contribution in [-0.2, 0) is 21.0 Å². The molecule has 1 fully saturated rings. The van der Waals surface area contributed by atoms with E-state index in [1.165, 1.54) is 6.92 Å². The Labute approximate surface area is 288 Å². The number of amides is 2. The van der Waals surface area contributed by atoms with Crippen LogP contribution in [0.1, 0.15) is 65.1 Å². The molecule has 4 aromatic carbocycles. The zero-order chi connectivity index (χ0) is 35.5. The smallest absolute Gasteiger partial charge is 0.235 e. The van der Waals surface area contributed by atoms with E-state index in [4.69, 9.17) is 9.47 Å². The first kappa shape index (κ1) is 35.4. The quantitative estimate of drug-likeness (QED) is 0.151. The van der Waals surface area contributed by atoms with Crippen molar-refractivity contribution in [1.82, 2.24) is 0 Å². The zero-order valence-corrected chi connectivity index (χ0v) is 29.3. The van der Waals surface area contributed by atoms with Crippen LogP contribution in [0.3, 0.4) is 0 Å². The maximum Gasteiger partial charge on any atom is 0.235 e. The summed E-state index contributed by atoms with van der Waals surface area (Å²) < 4.78 is 12.2. The summed E-state index contributed by atoms with van der Waals surface area (Å²) in [5.74, 6) is -4.07. The molecule has 8 nitrogen and oxygen atoms in total. The Morgan fingerprint density at radius 1 is 0.755 bits per heavy atom. The highest BCUT2D eigenvalue weighted by Crippen LogP contribution is 2.48. The Kier molecular flexibility index (Phi) is 10.6. The average molecular weight is 663 g/mol. The zero-order valence-electron chi connectivity index (χ0n) is 29.3. The van der Waals surface area contributed by atoms with Crippen molar-refractivity contribution in [2.75, 3.05) is 17.2 Å². The number of Topliss-reactive ketones (excluding diaryl/α,β-unsaturated/α-hetero) is 1. The maximum absolute atomic E-state index is 14.4. The van der Waals surface area contributed by atoms with E-state index < -0.39 is 41.0 Å². The molecule has 3 N–H and O–H groups in total. The van der Waals surface area contributed by atoms with Crippen LogP contribution in [0.15, 0.2) is 78.9 Å². The van der Waals surface area contributed by atoms with Gasteiger partial charge in [-0.05, 0) is 106 Å².